The molecule has 0 amide bonds. The minimum Gasteiger partial charge on any atom is -0.387 e. The van der Waals surface area contributed by atoms with Crippen molar-refractivity contribution in [2.45, 2.75) is 32.3 Å². The van der Waals surface area contributed by atoms with E-state index >= 15 is 0 Å². The van der Waals surface area contributed by atoms with Crippen molar-refractivity contribution >= 4 is 22.9 Å². The van der Waals surface area contributed by atoms with E-state index in [1.807, 2.05) is 11.4 Å². The fourth-order valence-electron chi connectivity index (χ4n) is 1.76. The third-order valence-electron chi connectivity index (χ3n) is 3.07. The summed E-state index contributed by atoms with van der Waals surface area (Å²) < 4.78 is 0. The molecule has 0 spiro atoms. The van der Waals surface area contributed by atoms with Crippen molar-refractivity contribution in [3.8, 4) is 0 Å². The molecule has 1 atom stereocenters. The molecule has 1 aromatic heterocycles. The van der Waals surface area contributed by atoms with Gasteiger partial charge in [0.05, 0.1) is 16.0 Å². The summed E-state index contributed by atoms with van der Waals surface area (Å²) in [6.07, 6.45) is 2.98. The van der Waals surface area contributed by atoms with Crippen LogP contribution in [0.15, 0.2) is 11.4 Å². The van der Waals surface area contributed by atoms with E-state index in [-0.39, 0.29) is 11.5 Å². The second-order valence-corrected chi connectivity index (χ2v) is 5.11. The number of hydrogen-bond donors (Lipinski definition) is 1. The van der Waals surface area contributed by atoms with Crippen LogP contribution in [0.2, 0.25) is 5.02 Å². The van der Waals surface area contributed by atoms with Crippen LogP contribution in [0.4, 0.5) is 0 Å². The van der Waals surface area contributed by atoms with E-state index in [1.165, 1.54) is 0 Å². The Morgan fingerprint density at radius 1 is 1.69 bits per heavy atom. The zero-order valence-corrected chi connectivity index (χ0v) is 9.16. The summed E-state index contributed by atoms with van der Waals surface area (Å²) in [4.78, 5) is 0.945. The van der Waals surface area contributed by atoms with Gasteiger partial charge in [-0.05, 0) is 30.7 Å². The third-order valence-corrected chi connectivity index (χ3v) is 4.48. The number of hydrogen-bond acceptors (Lipinski definition) is 2. The molecule has 1 aromatic rings. The van der Waals surface area contributed by atoms with Gasteiger partial charge in [-0.25, -0.2) is 0 Å². The molecule has 1 nitrogen and oxygen atoms in total. The summed E-state index contributed by atoms with van der Waals surface area (Å²) in [5.41, 5.74) is 0.147. The second kappa shape index (κ2) is 3.26. The van der Waals surface area contributed by atoms with Gasteiger partial charge in [0.15, 0.2) is 0 Å². The average molecular weight is 217 g/mol. The zero-order chi connectivity index (χ0) is 9.47. The highest BCUT2D eigenvalue weighted by Crippen LogP contribution is 2.58. The van der Waals surface area contributed by atoms with Gasteiger partial charge in [-0.3, -0.25) is 0 Å². The van der Waals surface area contributed by atoms with Crippen LogP contribution in [0.25, 0.3) is 0 Å². The summed E-state index contributed by atoms with van der Waals surface area (Å²) in [5, 5.41) is 12.8. The number of rotatable bonds is 3. The Morgan fingerprint density at radius 3 is 2.77 bits per heavy atom. The van der Waals surface area contributed by atoms with Crippen LogP contribution in [0.1, 0.15) is 37.2 Å². The topological polar surface area (TPSA) is 20.2 Å². The van der Waals surface area contributed by atoms with E-state index in [1.54, 1.807) is 11.3 Å². The normalized spacial score (nSPS) is 21.5. The highest BCUT2D eigenvalue weighted by atomic mass is 35.5. The molecule has 0 aliphatic heterocycles. The van der Waals surface area contributed by atoms with Crippen LogP contribution in [-0.4, -0.2) is 5.11 Å². The molecule has 0 aromatic carbocycles. The molecule has 1 fully saturated rings. The Morgan fingerprint density at radius 2 is 2.38 bits per heavy atom. The number of thiophene rings is 1. The molecule has 1 aliphatic carbocycles. The molecule has 13 heavy (non-hydrogen) atoms. The van der Waals surface area contributed by atoms with E-state index in [9.17, 15) is 5.11 Å². The number of aliphatic hydroxyl groups is 1. The van der Waals surface area contributed by atoms with Crippen LogP contribution >= 0.6 is 22.9 Å². The minimum atomic E-state index is -0.343. The lowest BCUT2D eigenvalue weighted by Crippen LogP contribution is -2.11. The summed E-state index contributed by atoms with van der Waals surface area (Å²) >= 11 is 7.53. The maximum Gasteiger partial charge on any atom is 0.0952 e. The Labute approximate surface area is 87.4 Å². The van der Waals surface area contributed by atoms with E-state index in [2.05, 4.69) is 6.92 Å². The monoisotopic (exact) mass is 216 g/mol. The molecule has 2 rings (SSSR count). The maximum absolute atomic E-state index is 10.1. The van der Waals surface area contributed by atoms with E-state index in [0.717, 1.165) is 29.2 Å². The molecule has 3 heteroatoms. The van der Waals surface area contributed by atoms with Crippen molar-refractivity contribution in [3.63, 3.8) is 0 Å². The Hall–Kier alpha value is -0.0500. The summed E-state index contributed by atoms with van der Waals surface area (Å²) in [6.45, 7) is 2.14. The Bertz CT molecular complexity index is 304. The van der Waals surface area contributed by atoms with Gasteiger partial charge in [-0.15, -0.1) is 11.3 Å². The first-order chi connectivity index (χ1) is 6.19. The van der Waals surface area contributed by atoms with Crippen LogP contribution < -0.4 is 0 Å². The van der Waals surface area contributed by atoms with Gasteiger partial charge in [-0.2, -0.15) is 0 Å². The first kappa shape index (κ1) is 9.50. The fraction of sp³-hybridized carbons (Fsp3) is 0.600. The molecular formula is C10H13ClOS. The van der Waals surface area contributed by atoms with Gasteiger partial charge in [0, 0.05) is 5.41 Å². The Balaban J connectivity index is 2.22. The highest BCUT2D eigenvalue weighted by Gasteiger charge is 2.48. The van der Waals surface area contributed by atoms with Crippen molar-refractivity contribution in [1.82, 2.24) is 0 Å². The molecule has 0 saturated heterocycles. The maximum atomic E-state index is 10.1. The molecule has 1 N–H and O–H groups in total. The molecule has 72 valence electrons. The first-order valence-corrected chi connectivity index (χ1v) is 5.86. The first-order valence-electron chi connectivity index (χ1n) is 4.60. The van der Waals surface area contributed by atoms with Crippen LogP contribution in [0.3, 0.4) is 0 Å². The zero-order valence-electron chi connectivity index (χ0n) is 7.59. The molecule has 1 heterocycles. The van der Waals surface area contributed by atoms with Crippen LogP contribution in [0.5, 0.6) is 0 Å². The van der Waals surface area contributed by atoms with Crippen molar-refractivity contribution in [2.75, 3.05) is 0 Å². The van der Waals surface area contributed by atoms with Gasteiger partial charge in [0.1, 0.15) is 0 Å². The van der Waals surface area contributed by atoms with Gasteiger partial charge < -0.3 is 5.11 Å². The van der Waals surface area contributed by atoms with Crippen molar-refractivity contribution in [2.24, 2.45) is 5.41 Å². The quantitative estimate of drug-likeness (QED) is 0.818. The van der Waals surface area contributed by atoms with Crippen molar-refractivity contribution in [1.29, 1.82) is 0 Å². The third kappa shape index (κ3) is 1.51. The molecule has 1 aliphatic rings. The number of aliphatic hydroxyl groups excluding tert-OH is 1. The largest absolute Gasteiger partial charge is 0.387 e. The molecule has 0 bridgehead atoms. The summed E-state index contributed by atoms with van der Waals surface area (Å²) in [5.74, 6) is 0. The molecule has 1 unspecified atom stereocenters. The SMILES string of the molecule is CCC1(C(O)c2sccc2Cl)CC1. The second-order valence-electron chi connectivity index (χ2n) is 3.75. The molecular weight excluding hydrogens is 204 g/mol. The van der Waals surface area contributed by atoms with Gasteiger partial charge in [0.2, 0.25) is 0 Å². The summed E-state index contributed by atoms with van der Waals surface area (Å²) in [7, 11) is 0. The Kier molecular flexibility index (Phi) is 2.39. The van der Waals surface area contributed by atoms with Gasteiger partial charge in [-0.1, -0.05) is 18.5 Å². The minimum absolute atomic E-state index is 0.147. The van der Waals surface area contributed by atoms with Crippen LogP contribution in [0, 0.1) is 5.41 Å². The molecule has 0 radical (unpaired) electrons. The van der Waals surface area contributed by atoms with Gasteiger partial charge in [0.25, 0.3) is 0 Å². The van der Waals surface area contributed by atoms with E-state index < -0.39 is 0 Å². The lowest BCUT2D eigenvalue weighted by atomic mass is 9.95. The smallest absolute Gasteiger partial charge is 0.0952 e. The van der Waals surface area contributed by atoms with Gasteiger partial charge >= 0.3 is 0 Å². The lowest BCUT2D eigenvalue weighted by Gasteiger charge is -2.19. The van der Waals surface area contributed by atoms with Crippen LogP contribution in [-0.2, 0) is 0 Å². The van der Waals surface area contributed by atoms with E-state index in [0.29, 0.717) is 0 Å². The standard InChI is InChI=1S/C10H13ClOS/c1-2-10(4-5-10)9(12)8-7(11)3-6-13-8/h3,6,9,12H,2,4-5H2,1H3. The molecule has 1 saturated carbocycles. The van der Waals surface area contributed by atoms with Crippen molar-refractivity contribution in [3.05, 3.63) is 21.3 Å². The van der Waals surface area contributed by atoms with E-state index in [4.69, 9.17) is 11.6 Å². The fourth-order valence-corrected chi connectivity index (χ4v) is 3.04. The predicted molar refractivity (Wildman–Crippen MR) is 56.2 cm³/mol. The van der Waals surface area contributed by atoms with Crippen molar-refractivity contribution < 1.29 is 5.11 Å². The highest BCUT2D eigenvalue weighted by molar-refractivity contribution is 7.10. The average Bonchev–Trinajstić information content (AvgIpc) is 2.83. The lowest BCUT2D eigenvalue weighted by molar-refractivity contribution is 0.0936. The number of halogens is 1. The summed E-state index contributed by atoms with van der Waals surface area (Å²) in [6, 6.07) is 1.86. The predicted octanol–water partition coefficient (Wildman–Crippen LogP) is 3.63.